The lowest BCUT2D eigenvalue weighted by Gasteiger charge is -2.63. The molecule has 0 aromatic heterocycles. The smallest absolute Gasteiger partial charge is 0.182 e. The number of nitrogens with zero attached hydrogens (tertiary/aromatic N) is 4. The van der Waals surface area contributed by atoms with Gasteiger partial charge in [-0.3, -0.25) is 0 Å². The first-order valence-corrected chi connectivity index (χ1v) is 7.51. The summed E-state index contributed by atoms with van der Waals surface area (Å²) in [7, 11) is 0. The van der Waals surface area contributed by atoms with Gasteiger partial charge in [0.15, 0.2) is 10.8 Å². The maximum atomic E-state index is 9.84. The fourth-order valence-electron chi connectivity index (χ4n) is 4.84. The van der Waals surface area contributed by atoms with Crippen molar-refractivity contribution in [2.45, 2.75) is 25.7 Å². The van der Waals surface area contributed by atoms with E-state index in [0.717, 1.165) is 30.4 Å². The zero-order valence-electron chi connectivity index (χ0n) is 13.9. The summed E-state index contributed by atoms with van der Waals surface area (Å²) in [4.78, 5) is 0. The maximum absolute atomic E-state index is 9.84. The molecule has 0 aromatic carbocycles. The minimum absolute atomic E-state index is 0.413. The van der Waals surface area contributed by atoms with Crippen LogP contribution in [-0.2, 0) is 0 Å². The monoisotopic (exact) mass is 288 g/mol. The van der Waals surface area contributed by atoms with E-state index < -0.39 is 34.5 Å². The second-order valence-corrected chi connectivity index (χ2v) is 6.41. The van der Waals surface area contributed by atoms with Gasteiger partial charge in [-0.05, 0) is 37.5 Å². The Hall–Kier alpha value is -2.56. The molecule has 4 heteroatoms. The van der Waals surface area contributed by atoms with Gasteiger partial charge in [0.1, 0.15) is 0 Å². The molecule has 106 valence electrons. The fourth-order valence-corrected chi connectivity index (χ4v) is 4.84. The summed E-state index contributed by atoms with van der Waals surface area (Å²) in [5, 5.41) is 39.3. The lowest BCUT2D eigenvalue weighted by molar-refractivity contribution is -0.0125. The molecule has 0 saturated heterocycles. The average molecular weight is 288 g/mol. The molecule has 4 unspecified atom stereocenters. The van der Waals surface area contributed by atoms with Crippen LogP contribution in [0.2, 0.25) is 0 Å². The predicted octanol–water partition coefficient (Wildman–Crippen LogP) is 2.99. The highest BCUT2D eigenvalue weighted by molar-refractivity contribution is 5.53. The van der Waals surface area contributed by atoms with Gasteiger partial charge in [0, 0.05) is 14.6 Å². The van der Waals surface area contributed by atoms with Crippen molar-refractivity contribution in [1.29, 1.82) is 21.0 Å². The Labute approximate surface area is 132 Å². The predicted molar refractivity (Wildman–Crippen MR) is 75.9 cm³/mol. The normalized spacial score (nSPS) is 46.4. The van der Waals surface area contributed by atoms with Gasteiger partial charge in [-0.25, -0.2) is 0 Å². The number of nitriles is 4. The average Bonchev–Trinajstić information content (AvgIpc) is 2.61. The van der Waals surface area contributed by atoms with Crippen molar-refractivity contribution in [2.24, 2.45) is 34.5 Å². The Morgan fingerprint density at radius 3 is 2.09 bits per heavy atom. The van der Waals surface area contributed by atoms with Crippen LogP contribution in [0, 0.1) is 79.8 Å². The van der Waals surface area contributed by atoms with Gasteiger partial charge >= 0.3 is 0 Å². The van der Waals surface area contributed by atoms with E-state index in [4.69, 9.17) is 2.74 Å². The summed E-state index contributed by atoms with van der Waals surface area (Å²) in [5.74, 6) is -4.40. The van der Waals surface area contributed by atoms with Gasteiger partial charge in [-0.15, -0.1) is 0 Å². The standard InChI is InChI=1S/C18H14N4/c19-7-17(8-20)13-5-6-14(18(17,9-21)10-22)16-12-4-2-1-3-11(12)15(13)16/h5-6,13-16H,1-4H2/i13D,15D. The molecule has 0 aromatic rings. The largest absolute Gasteiger partial charge is 0.196 e. The lowest BCUT2D eigenvalue weighted by atomic mass is 9.35. The van der Waals surface area contributed by atoms with Crippen LogP contribution in [-0.4, -0.2) is 0 Å². The molecule has 5 rings (SSSR count). The van der Waals surface area contributed by atoms with Crippen molar-refractivity contribution in [3.8, 4) is 24.3 Å². The van der Waals surface area contributed by atoms with E-state index in [-0.39, 0.29) is 0 Å². The third-order valence-electron chi connectivity index (χ3n) is 5.83. The Morgan fingerprint density at radius 1 is 0.909 bits per heavy atom. The number of fused-ring (bicyclic) bond motifs is 1. The van der Waals surface area contributed by atoms with E-state index >= 15 is 0 Å². The van der Waals surface area contributed by atoms with Crippen molar-refractivity contribution >= 4 is 0 Å². The Balaban J connectivity index is 2.10. The third-order valence-corrected chi connectivity index (χ3v) is 5.83. The van der Waals surface area contributed by atoms with Crippen molar-refractivity contribution in [1.82, 2.24) is 0 Å². The minimum Gasteiger partial charge on any atom is -0.196 e. The van der Waals surface area contributed by atoms with Gasteiger partial charge in [0.25, 0.3) is 0 Å². The van der Waals surface area contributed by atoms with E-state index in [9.17, 15) is 21.0 Å². The lowest BCUT2D eigenvalue weighted by Crippen LogP contribution is -2.64. The van der Waals surface area contributed by atoms with Crippen LogP contribution in [0.5, 0.6) is 0 Å². The van der Waals surface area contributed by atoms with Crippen LogP contribution in [0.3, 0.4) is 0 Å². The molecule has 4 nitrogen and oxygen atoms in total. The molecule has 0 aliphatic heterocycles. The molecular weight excluding hydrogens is 272 g/mol. The molecule has 1 fully saturated rings. The van der Waals surface area contributed by atoms with E-state index in [1.54, 1.807) is 6.08 Å². The Kier molecular flexibility index (Phi) is 2.01. The van der Waals surface area contributed by atoms with Gasteiger partial charge in [0.2, 0.25) is 0 Å². The molecule has 0 amide bonds. The zero-order chi connectivity index (χ0) is 17.4. The molecule has 0 spiro atoms. The highest BCUT2D eigenvalue weighted by Gasteiger charge is 2.74. The molecule has 5 aliphatic carbocycles. The molecule has 4 atom stereocenters. The van der Waals surface area contributed by atoms with Crippen LogP contribution in [0.1, 0.15) is 28.4 Å². The van der Waals surface area contributed by atoms with Crippen LogP contribution in [0.25, 0.3) is 0 Å². The number of rotatable bonds is 0. The maximum Gasteiger partial charge on any atom is 0.182 e. The number of hydrogen-bond donors (Lipinski definition) is 0. The molecule has 22 heavy (non-hydrogen) atoms. The van der Waals surface area contributed by atoms with Gasteiger partial charge in [-0.1, -0.05) is 23.3 Å². The summed E-state index contributed by atoms with van der Waals surface area (Å²) >= 11 is 0. The van der Waals surface area contributed by atoms with Crippen LogP contribution < -0.4 is 0 Å². The Bertz CT molecular complexity index is 862. The minimum atomic E-state index is -2.17. The summed E-state index contributed by atoms with van der Waals surface area (Å²) in [6.45, 7) is 0. The van der Waals surface area contributed by atoms with Gasteiger partial charge < -0.3 is 0 Å². The van der Waals surface area contributed by atoms with Crippen LogP contribution in [0.4, 0.5) is 0 Å². The van der Waals surface area contributed by atoms with Crippen molar-refractivity contribution < 1.29 is 2.74 Å². The summed E-state index contributed by atoms with van der Waals surface area (Å²) < 4.78 is 18.1. The van der Waals surface area contributed by atoms with E-state index in [2.05, 4.69) is 0 Å². The fraction of sp³-hybridized carbons (Fsp3) is 0.556. The van der Waals surface area contributed by atoms with E-state index in [0.29, 0.717) is 6.42 Å². The molecule has 5 aliphatic rings. The number of allylic oxidation sites excluding steroid dienone is 4. The quantitative estimate of drug-likeness (QED) is 0.640. The first kappa shape index (κ1) is 11.1. The van der Waals surface area contributed by atoms with Crippen molar-refractivity contribution in [3.63, 3.8) is 0 Å². The number of hydrogen-bond acceptors (Lipinski definition) is 4. The molecule has 0 radical (unpaired) electrons. The van der Waals surface area contributed by atoms with Crippen molar-refractivity contribution in [2.75, 3.05) is 0 Å². The molecular formula is C18H14N4. The second kappa shape index (κ2) is 4.00. The first-order chi connectivity index (χ1) is 11.4. The molecule has 0 N–H and O–H groups in total. The van der Waals surface area contributed by atoms with Gasteiger partial charge in [-0.2, -0.15) is 21.0 Å². The topological polar surface area (TPSA) is 95.2 Å². The summed E-state index contributed by atoms with van der Waals surface area (Å²) in [6, 6.07) is 7.56. The second-order valence-electron chi connectivity index (χ2n) is 6.41. The van der Waals surface area contributed by atoms with Crippen LogP contribution in [0.15, 0.2) is 23.3 Å². The molecule has 0 heterocycles. The first-order valence-electron chi connectivity index (χ1n) is 8.51. The van der Waals surface area contributed by atoms with Crippen molar-refractivity contribution in [3.05, 3.63) is 23.3 Å². The highest BCUT2D eigenvalue weighted by atomic mass is 14.7. The van der Waals surface area contributed by atoms with Crippen LogP contribution >= 0.6 is 0 Å². The van der Waals surface area contributed by atoms with Gasteiger partial charge in [0.05, 0.1) is 24.3 Å². The zero-order valence-corrected chi connectivity index (χ0v) is 11.9. The highest BCUT2D eigenvalue weighted by Crippen LogP contribution is 2.71. The third kappa shape index (κ3) is 1.07. The van der Waals surface area contributed by atoms with E-state index in [1.165, 1.54) is 6.08 Å². The summed E-state index contributed by atoms with van der Waals surface area (Å²) in [5.41, 5.74) is -2.14. The molecule has 2 bridgehead atoms. The SMILES string of the molecule is [2H]C12C3=C(CCCC3)C1C1C=CC2([2H])C(C#N)(C#N)C1(C#N)C#N. The summed E-state index contributed by atoms with van der Waals surface area (Å²) in [6.07, 6.45) is 6.54. The Morgan fingerprint density at radius 2 is 1.50 bits per heavy atom. The van der Waals surface area contributed by atoms with E-state index in [1.807, 2.05) is 24.3 Å². The molecule has 1 saturated carbocycles.